The van der Waals surface area contributed by atoms with E-state index in [2.05, 4.69) is 11.2 Å². The minimum absolute atomic E-state index is 0.0362. The number of nitriles is 1. The van der Waals surface area contributed by atoms with Crippen LogP contribution in [0.5, 0.6) is 5.75 Å². The highest BCUT2D eigenvalue weighted by atomic mass is 16.6. The molecule has 0 unspecified atom stereocenters. The standard InChI is InChI=1S/C13H12N4O3/c14-6-5-11-1-3-13(4-2-11)20-8-7-16-10-12(9-15-16)17(18)19/h1-4,9-10H,5,7-8H2. The van der Waals surface area contributed by atoms with E-state index in [1.165, 1.54) is 17.1 Å². The molecule has 0 atom stereocenters. The van der Waals surface area contributed by atoms with E-state index in [4.69, 9.17) is 10.00 Å². The Bertz CT molecular complexity index is 628. The van der Waals surface area contributed by atoms with E-state index in [0.29, 0.717) is 25.3 Å². The van der Waals surface area contributed by atoms with Crippen molar-refractivity contribution >= 4 is 5.69 Å². The Morgan fingerprint density at radius 2 is 2.15 bits per heavy atom. The van der Waals surface area contributed by atoms with E-state index in [9.17, 15) is 10.1 Å². The van der Waals surface area contributed by atoms with Crippen LogP contribution in [0.15, 0.2) is 36.7 Å². The van der Waals surface area contributed by atoms with Crippen LogP contribution in [-0.2, 0) is 13.0 Å². The number of ether oxygens (including phenoxy) is 1. The van der Waals surface area contributed by atoms with E-state index in [-0.39, 0.29) is 5.69 Å². The maximum Gasteiger partial charge on any atom is 0.306 e. The van der Waals surface area contributed by atoms with Gasteiger partial charge in [-0.05, 0) is 17.7 Å². The molecule has 2 aromatic rings. The average Bonchev–Trinajstić information content (AvgIpc) is 2.90. The van der Waals surface area contributed by atoms with Gasteiger partial charge in [0.2, 0.25) is 0 Å². The normalized spacial score (nSPS) is 9.95. The smallest absolute Gasteiger partial charge is 0.306 e. The molecule has 7 heteroatoms. The van der Waals surface area contributed by atoms with Crippen LogP contribution in [0, 0.1) is 21.4 Å². The maximum absolute atomic E-state index is 10.5. The van der Waals surface area contributed by atoms with Gasteiger partial charge >= 0.3 is 5.69 Å². The monoisotopic (exact) mass is 272 g/mol. The summed E-state index contributed by atoms with van der Waals surface area (Å²) in [5.74, 6) is 0.688. The zero-order chi connectivity index (χ0) is 14.4. The number of nitrogens with zero attached hydrogens (tertiary/aromatic N) is 4. The van der Waals surface area contributed by atoms with Gasteiger partial charge in [0.15, 0.2) is 0 Å². The molecular weight excluding hydrogens is 260 g/mol. The zero-order valence-corrected chi connectivity index (χ0v) is 10.6. The number of benzene rings is 1. The SMILES string of the molecule is N#CCc1ccc(OCCn2cc([N+](=O)[O-])cn2)cc1. The van der Waals surface area contributed by atoms with Crippen molar-refractivity contribution in [1.82, 2.24) is 9.78 Å². The first-order valence-electron chi connectivity index (χ1n) is 5.94. The summed E-state index contributed by atoms with van der Waals surface area (Å²) in [5.41, 5.74) is 0.897. The average molecular weight is 272 g/mol. The minimum Gasteiger partial charge on any atom is -0.492 e. The molecule has 0 bridgehead atoms. The molecule has 0 radical (unpaired) electrons. The fraction of sp³-hybridized carbons (Fsp3) is 0.231. The molecule has 0 N–H and O–H groups in total. The van der Waals surface area contributed by atoms with Crippen LogP contribution in [0.3, 0.4) is 0 Å². The number of hydrogen-bond donors (Lipinski definition) is 0. The van der Waals surface area contributed by atoms with E-state index in [1.807, 2.05) is 12.1 Å². The van der Waals surface area contributed by atoms with E-state index in [0.717, 1.165) is 5.56 Å². The van der Waals surface area contributed by atoms with E-state index >= 15 is 0 Å². The van der Waals surface area contributed by atoms with Crippen molar-refractivity contribution in [2.24, 2.45) is 0 Å². The quantitative estimate of drug-likeness (QED) is 0.591. The zero-order valence-electron chi connectivity index (χ0n) is 10.6. The number of nitro groups is 1. The fourth-order valence-corrected chi connectivity index (χ4v) is 1.62. The molecule has 102 valence electrons. The van der Waals surface area contributed by atoms with Crippen molar-refractivity contribution in [3.63, 3.8) is 0 Å². The Kier molecular flexibility index (Phi) is 4.29. The summed E-state index contributed by atoms with van der Waals surface area (Å²) >= 11 is 0. The highest BCUT2D eigenvalue weighted by Gasteiger charge is 2.08. The number of hydrogen-bond acceptors (Lipinski definition) is 5. The van der Waals surface area contributed by atoms with Gasteiger partial charge in [-0.25, -0.2) is 0 Å². The second-order valence-corrected chi connectivity index (χ2v) is 4.05. The van der Waals surface area contributed by atoms with Gasteiger partial charge in [-0.3, -0.25) is 14.8 Å². The molecule has 0 aliphatic carbocycles. The van der Waals surface area contributed by atoms with Crippen LogP contribution in [0.2, 0.25) is 0 Å². The first-order chi connectivity index (χ1) is 9.69. The lowest BCUT2D eigenvalue weighted by atomic mass is 10.2. The molecule has 0 fully saturated rings. The van der Waals surface area contributed by atoms with Gasteiger partial charge in [0.25, 0.3) is 0 Å². The van der Waals surface area contributed by atoms with Gasteiger partial charge in [0.05, 0.1) is 24.0 Å². The number of rotatable bonds is 6. The van der Waals surface area contributed by atoms with Crippen molar-refractivity contribution in [1.29, 1.82) is 5.26 Å². The van der Waals surface area contributed by atoms with Crippen molar-refractivity contribution in [2.75, 3.05) is 6.61 Å². The largest absolute Gasteiger partial charge is 0.492 e. The second kappa shape index (κ2) is 6.33. The molecule has 2 rings (SSSR count). The lowest BCUT2D eigenvalue weighted by molar-refractivity contribution is -0.385. The van der Waals surface area contributed by atoms with Gasteiger partial charge in [-0.2, -0.15) is 10.4 Å². The Morgan fingerprint density at radius 1 is 1.40 bits per heavy atom. The fourth-order valence-electron chi connectivity index (χ4n) is 1.62. The predicted octanol–water partition coefficient (Wildman–Crippen LogP) is 1.94. The van der Waals surface area contributed by atoms with Crippen LogP contribution >= 0.6 is 0 Å². The minimum atomic E-state index is -0.488. The van der Waals surface area contributed by atoms with Crippen molar-refractivity contribution in [3.05, 3.63) is 52.3 Å². The molecule has 20 heavy (non-hydrogen) atoms. The Labute approximate surface area is 115 Å². The third kappa shape index (κ3) is 3.55. The second-order valence-electron chi connectivity index (χ2n) is 4.05. The van der Waals surface area contributed by atoms with E-state index < -0.39 is 4.92 Å². The molecule has 0 saturated heterocycles. The molecule has 1 aromatic carbocycles. The molecule has 0 amide bonds. The Hall–Kier alpha value is -2.88. The topological polar surface area (TPSA) is 94.0 Å². The molecule has 7 nitrogen and oxygen atoms in total. The lowest BCUT2D eigenvalue weighted by Crippen LogP contribution is -2.08. The summed E-state index contributed by atoms with van der Waals surface area (Å²) in [6, 6.07) is 9.31. The van der Waals surface area contributed by atoms with Crippen LogP contribution < -0.4 is 4.74 Å². The number of aromatic nitrogens is 2. The summed E-state index contributed by atoms with van der Waals surface area (Å²) in [5, 5.41) is 22.9. The maximum atomic E-state index is 10.5. The highest BCUT2D eigenvalue weighted by molar-refractivity contribution is 5.28. The van der Waals surface area contributed by atoms with Crippen LogP contribution in [-0.4, -0.2) is 21.3 Å². The molecule has 1 heterocycles. The molecule has 0 aliphatic rings. The molecule has 0 saturated carbocycles. The van der Waals surface area contributed by atoms with Crippen LogP contribution in [0.1, 0.15) is 5.56 Å². The summed E-state index contributed by atoms with van der Waals surface area (Å²) in [7, 11) is 0. The van der Waals surface area contributed by atoms with Crippen LogP contribution in [0.25, 0.3) is 0 Å². The van der Waals surface area contributed by atoms with Crippen molar-refractivity contribution < 1.29 is 9.66 Å². The molecular formula is C13H12N4O3. The van der Waals surface area contributed by atoms with E-state index in [1.54, 1.807) is 12.1 Å². The third-order valence-electron chi connectivity index (χ3n) is 2.63. The molecule has 0 aliphatic heterocycles. The predicted molar refractivity (Wildman–Crippen MR) is 70.1 cm³/mol. The van der Waals surface area contributed by atoms with Gasteiger partial charge in [-0.15, -0.1) is 0 Å². The summed E-state index contributed by atoms with van der Waals surface area (Å²) in [6.07, 6.45) is 2.94. The van der Waals surface area contributed by atoms with Gasteiger partial charge in [0, 0.05) is 0 Å². The first-order valence-corrected chi connectivity index (χ1v) is 5.94. The summed E-state index contributed by atoms with van der Waals surface area (Å²) in [4.78, 5) is 10.0. The Balaban J connectivity index is 1.83. The summed E-state index contributed by atoms with van der Waals surface area (Å²) in [6.45, 7) is 0.782. The lowest BCUT2D eigenvalue weighted by Gasteiger charge is -2.06. The molecule has 0 spiro atoms. The van der Waals surface area contributed by atoms with Crippen LogP contribution in [0.4, 0.5) is 5.69 Å². The Morgan fingerprint density at radius 3 is 2.75 bits per heavy atom. The summed E-state index contributed by atoms with van der Waals surface area (Å²) < 4.78 is 6.96. The third-order valence-corrected chi connectivity index (χ3v) is 2.63. The van der Waals surface area contributed by atoms with Gasteiger partial charge < -0.3 is 4.74 Å². The highest BCUT2D eigenvalue weighted by Crippen LogP contribution is 2.13. The first kappa shape index (κ1) is 13.5. The molecule has 1 aromatic heterocycles. The van der Waals surface area contributed by atoms with Crippen molar-refractivity contribution in [2.45, 2.75) is 13.0 Å². The van der Waals surface area contributed by atoms with Gasteiger partial charge in [0.1, 0.15) is 24.8 Å². The van der Waals surface area contributed by atoms with Crippen molar-refractivity contribution in [3.8, 4) is 11.8 Å². The van der Waals surface area contributed by atoms with Gasteiger partial charge in [-0.1, -0.05) is 12.1 Å².